The average Bonchev–Trinajstić information content (AvgIpc) is 2.83. The highest BCUT2D eigenvalue weighted by Gasteiger charge is 2.37. The maximum Gasteiger partial charge on any atom is 0.307 e. The van der Waals surface area contributed by atoms with E-state index >= 15 is 0 Å². The lowest BCUT2D eigenvalue weighted by Gasteiger charge is -2.26. The lowest BCUT2D eigenvalue weighted by Crippen LogP contribution is -2.40. The van der Waals surface area contributed by atoms with Crippen molar-refractivity contribution >= 4 is 11.9 Å². The normalized spacial score (nSPS) is 23.3. The van der Waals surface area contributed by atoms with Crippen molar-refractivity contribution < 1.29 is 19.4 Å². The summed E-state index contributed by atoms with van der Waals surface area (Å²) in [6, 6.07) is 0. The Hall–Kier alpha value is -1.10. The molecule has 1 aliphatic carbocycles. The Kier molecular flexibility index (Phi) is 5.79. The van der Waals surface area contributed by atoms with E-state index in [4.69, 9.17) is 9.84 Å². The molecule has 5 nitrogen and oxygen atoms in total. The molecule has 1 rings (SSSR count). The van der Waals surface area contributed by atoms with Crippen LogP contribution in [-0.4, -0.2) is 37.2 Å². The number of carboxylic acid groups (broad SMARTS) is 1. The lowest BCUT2D eigenvalue weighted by atomic mass is 9.89. The fourth-order valence-corrected chi connectivity index (χ4v) is 2.49. The number of aliphatic carboxylic acids is 1. The maximum absolute atomic E-state index is 12.1. The van der Waals surface area contributed by atoms with E-state index in [9.17, 15) is 9.59 Å². The lowest BCUT2D eigenvalue weighted by molar-refractivity contribution is -0.146. The Labute approximate surface area is 114 Å². The summed E-state index contributed by atoms with van der Waals surface area (Å²) in [6.07, 6.45) is 2.97. The van der Waals surface area contributed by atoms with Crippen molar-refractivity contribution in [2.75, 3.05) is 20.3 Å². The largest absolute Gasteiger partial charge is 0.481 e. The van der Waals surface area contributed by atoms with Gasteiger partial charge < -0.3 is 15.2 Å². The molecule has 0 saturated heterocycles. The van der Waals surface area contributed by atoms with E-state index in [1.54, 1.807) is 7.11 Å². The van der Waals surface area contributed by atoms with E-state index in [0.29, 0.717) is 26.0 Å². The zero-order chi connectivity index (χ0) is 14.5. The fourth-order valence-electron chi connectivity index (χ4n) is 2.49. The molecule has 5 heteroatoms. The van der Waals surface area contributed by atoms with Crippen LogP contribution in [0.25, 0.3) is 0 Å². The van der Waals surface area contributed by atoms with Crippen LogP contribution in [0.1, 0.15) is 39.5 Å². The Balaban J connectivity index is 2.44. The minimum atomic E-state index is -0.851. The summed E-state index contributed by atoms with van der Waals surface area (Å²) in [5.74, 6) is -1.84. The second-order valence-corrected chi connectivity index (χ2v) is 6.11. The van der Waals surface area contributed by atoms with E-state index in [0.717, 1.165) is 12.8 Å². The highest BCUT2D eigenvalue weighted by molar-refractivity contribution is 5.85. The number of carbonyl (C=O) groups excluding carboxylic acids is 1. The number of rotatable bonds is 7. The van der Waals surface area contributed by atoms with Gasteiger partial charge in [0.25, 0.3) is 0 Å². The summed E-state index contributed by atoms with van der Waals surface area (Å²) in [5, 5.41) is 12.0. The minimum Gasteiger partial charge on any atom is -0.481 e. The predicted octanol–water partition coefficient (Wildman–Crippen LogP) is 1.67. The molecule has 0 aromatic heterocycles. The minimum absolute atomic E-state index is 0.0387. The van der Waals surface area contributed by atoms with E-state index in [2.05, 4.69) is 19.2 Å². The Bertz CT molecular complexity index is 327. The second-order valence-electron chi connectivity index (χ2n) is 6.11. The Morgan fingerprint density at radius 1 is 1.32 bits per heavy atom. The number of carboxylic acids is 1. The summed E-state index contributed by atoms with van der Waals surface area (Å²) in [7, 11) is 1.66. The number of hydrogen-bond acceptors (Lipinski definition) is 3. The number of hydrogen-bond donors (Lipinski definition) is 2. The third kappa shape index (κ3) is 4.82. The van der Waals surface area contributed by atoms with Gasteiger partial charge in [0.15, 0.2) is 0 Å². The van der Waals surface area contributed by atoms with Crippen LogP contribution in [-0.2, 0) is 14.3 Å². The first kappa shape index (κ1) is 16.0. The number of carbonyl (C=O) groups is 2. The molecular formula is C14H25NO4. The number of nitrogens with one attached hydrogen (secondary N) is 1. The van der Waals surface area contributed by atoms with Crippen molar-refractivity contribution in [1.29, 1.82) is 0 Å². The van der Waals surface area contributed by atoms with E-state index in [1.165, 1.54) is 0 Å². The molecule has 1 fully saturated rings. The van der Waals surface area contributed by atoms with Crippen molar-refractivity contribution in [2.45, 2.75) is 39.5 Å². The van der Waals surface area contributed by atoms with Crippen molar-refractivity contribution in [3.8, 4) is 0 Å². The smallest absolute Gasteiger partial charge is 0.307 e. The van der Waals surface area contributed by atoms with Crippen LogP contribution >= 0.6 is 0 Å². The van der Waals surface area contributed by atoms with Gasteiger partial charge in [-0.3, -0.25) is 9.59 Å². The summed E-state index contributed by atoms with van der Waals surface area (Å²) < 4.78 is 5.04. The molecule has 1 amide bonds. The van der Waals surface area contributed by atoms with Gasteiger partial charge in [0, 0.05) is 20.3 Å². The van der Waals surface area contributed by atoms with Crippen molar-refractivity contribution in [2.24, 2.45) is 17.3 Å². The van der Waals surface area contributed by atoms with Gasteiger partial charge in [0.1, 0.15) is 0 Å². The van der Waals surface area contributed by atoms with Crippen LogP contribution in [0.15, 0.2) is 0 Å². The zero-order valence-corrected chi connectivity index (χ0v) is 12.1. The Morgan fingerprint density at radius 2 is 1.95 bits per heavy atom. The standard InChI is InChI=1S/C14H25NO4/c1-14(2,7-8-19-3)9-15-12(16)10-5-4-6-11(10)13(17)18/h10-11H,4-9H2,1-3H3,(H,15,16)(H,17,18)/t10-,11+/m1/s1. The van der Waals surface area contributed by atoms with Crippen LogP contribution in [0.4, 0.5) is 0 Å². The van der Waals surface area contributed by atoms with Gasteiger partial charge in [-0.25, -0.2) is 0 Å². The number of ether oxygens (including phenoxy) is 1. The summed E-state index contributed by atoms with van der Waals surface area (Å²) in [4.78, 5) is 23.1. The number of methoxy groups -OCH3 is 1. The van der Waals surface area contributed by atoms with Crippen LogP contribution in [0, 0.1) is 17.3 Å². The van der Waals surface area contributed by atoms with E-state index in [-0.39, 0.29) is 17.2 Å². The molecule has 0 radical (unpaired) electrons. The van der Waals surface area contributed by atoms with Gasteiger partial charge in [-0.1, -0.05) is 20.3 Å². The molecular weight excluding hydrogens is 246 g/mol. The first-order valence-electron chi connectivity index (χ1n) is 6.87. The molecule has 0 spiro atoms. The van der Waals surface area contributed by atoms with Crippen LogP contribution in [0.3, 0.4) is 0 Å². The molecule has 19 heavy (non-hydrogen) atoms. The highest BCUT2D eigenvalue weighted by Crippen LogP contribution is 2.32. The van der Waals surface area contributed by atoms with Crippen LogP contribution in [0.2, 0.25) is 0 Å². The quantitative estimate of drug-likeness (QED) is 0.738. The van der Waals surface area contributed by atoms with Gasteiger partial charge in [-0.15, -0.1) is 0 Å². The van der Waals surface area contributed by atoms with Gasteiger partial charge in [-0.05, 0) is 24.7 Å². The molecule has 1 saturated carbocycles. The number of amides is 1. The van der Waals surface area contributed by atoms with E-state index < -0.39 is 11.9 Å². The Morgan fingerprint density at radius 3 is 2.53 bits per heavy atom. The van der Waals surface area contributed by atoms with Gasteiger partial charge in [-0.2, -0.15) is 0 Å². The first-order chi connectivity index (χ1) is 8.87. The average molecular weight is 271 g/mol. The summed E-state index contributed by atoms with van der Waals surface area (Å²) in [6.45, 7) is 5.34. The van der Waals surface area contributed by atoms with Crippen LogP contribution in [0.5, 0.6) is 0 Å². The molecule has 0 aliphatic heterocycles. The second kappa shape index (κ2) is 6.89. The summed E-state index contributed by atoms with van der Waals surface area (Å²) >= 11 is 0. The molecule has 2 atom stereocenters. The SMILES string of the molecule is COCCC(C)(C)CNC(=O)[C@@H]1CCC[C@@H]1C(=O)O. The van der Waals surface area contributed by atoms with Crippen molar-refractivity contribution in [3.63, 3.8) is 0 Å². The zero-order valence-electron chi connectivity index (χ0n) is 12.1. The maximum atomic E-state index is 12.1. The molecule has 110 valence electrons. The first-order valence-corrected chi connectivity index (χ1v) is 6.87. The van der Waals surface area contributed by atoms with Crippen molar-refractivity contribution in [3.05, 3.63) is 0 Å². The summed E-state index contributed by atoms with van der Waals surface area (Å²) in [5.41, 5.74) is -0.0387. The molecule has 0 bridgehead atoms. The fraction of sp³-hybridized carbons (Fsp3) is 0.857. The monoisotopic (exact) mass is 271 g/mol. The van der Waals surface area contributed by atoms with E-state index in [1.807, 2.05) is 0 Å². The third-order valence-electron chi connectivity index (χ3n) is 3.89. The van der Waals surface area contributed by atoms with Crippen molar-refractivity contribution in [1.82, 2.24) is 5.32 Å². The molecule has 0 unspecified atom stereocenters. The highest BCUT2D eigenvalue weighted by atomic mass is 16.5. The third-order valence-corrected chi connectivity index (χ3v) is 3.89. The predicted molar refractivity (Wildman–Crippen MR) is 71.8 cm³/mol. The van der Waals surface area contributed by atoms with Gasteiger partial charge in [0.2, 0.25) is 5.91 Å². The molecule has 0 heterocycles. The van der Waals surface area contributed by atoms with Crippen LogP contribution < -0.4 is 5.32 Å². The molecule has 0 aromatic carbocycles. The van der Waals surface area contributed by atoms with Gasteiger partial charge in [0.05, 0.1) is 11.8 Å². The van der Waals surface area contributed by atoms with Gasteiger partial charge >= 0.3 is 5.97 Å². The molecule has 1 aliphatic rings. The molecule has 0 aromatic rings. The molecule has 2 N–H and O–H groups in total. The topological polar surface area (TPSA) is 75.6 Å².